The Bertz CT molecular complexity index is 2670. The second-order valence-corrected chi connectivity index (χ2v) is 22.9. The fourth-order valence-corrected chi connectivity index (χ4v) is 10.7. The maximum absolute atomic E-state index is 15.0. The van der Waals surface area contributed by atoms with E-state index in [4.69, 9.17) is 0 Å². The summed E-state index contributed by atoms with van der Waals surface area (Å²) in [5.41, 5.74) is 2.87. The van der Waals surface area contributed by atoms with Crippen molar-refractivity contribution in [1.29, 1.82) is 0 Å². The van der Waals surface area contributed by atoms with Crippen LogP contribution in [0, 0.1) is 11.8 Å². The average Bonchev–Trinajstić information content (AvgIpc) is 4.07. The lowest BCUT2D eigenvalue weighted by molar-refractivity contribution is -0.142. The van der Waals surface area contributed by atoms with Gasteiger partial charge in [-0.05, 0) is 78.7 Å². The molecule has 18 nitrogen and oxygen atoms in total. The Morgan fingerprint density at radius 1 is 0.605 bits per heavy atom. The fraction of sp³-hybridized carbons (Fsp3) is 0.500. The number of fused-ring (bicyclic) bond motifs is 2. The molecule has 0 saturated carbocycles. The van der Waals surface area contributed by atoms with E-state index in [2.05, 4.69) is 42.2 Å². The van der Waals surface area contributed by atoms with Gasteiger partial charge in [-0.1, -0.05) is 113 Å². The molecule has 3 aromatic carbocycles. The molecular formula is C56H75N9O9S2. The van der Waals surface area contributed by atoms with Crippen LogP contribution in [0.15, 0.2) is 91.1 Å². The van der Waals surface area contributed by atoms with E-state index in [0.29, 0.717) is 35.3 Å². The van der Waals surface area contributed by atoms with Gasteiger partial charge >= 0.3 is 0 Å². The van der Waals surface area contributed by atoms with E-state index in [1.807, 2.05) is 75.6 Å². The van der Waals surface area contributed by atoms with E-state index in [1.54, 1.807) is 49.5 Å². The molecule has 3 heterocycles. The quantitative estimate of drug-likeness (QED) is 0.0813. The van der Waals surface area contributed by atoms with Gasteiger partial charge in [-0.3, -0.25) is 42.6 Å². The van der Waals surface area contributed by atoms with Crippen molar-refractivity contribution in [3.05, 3.63) is 108 Å². The van der Waals surface area contributed by atoms with Crippen LogP contribution in [-0.2, 0) is 68.4 Å². The lowest BCUT2D eigenvalue weighted by Gasteiger charge is -2.32. The molecule has 1 aromatic heterocycles. The maximum Gasteiger partial charge on any atom is 0.245 e. The second kappa shape index (κ2) is 28.6. The molecule has 0 radical (unpaired) electrons. The highest BCUT2D eigenvalue weighted by atomic mass is 32.2. The van der Waals surface area contributed by atoms with E-state index in [-0.39, 0.29) is 63.2 Å². The van der Waals surface area contributed by atoms with Gasteiger partial charge in [0.25, 0.3) is 0 Å². The molecule has 2 fully saturated rings. The molecule has 0 aliphatic carbocycles. The number of carbonyl (C=O) groups excluding carboxylic acids is 8. The summed E-state index contributed by atoms with van der Waals surface area (Å²) in [4.78, 5) is 122. The predicted molar refractivity (Wildman–Crippen MR) is 296 cm³/mol. The van der Waals surface area contributed by atoms with Crippen molar-refractivity contribution in [3.63, 3.8) is 0 Å². The largest absolute Gasteiger partial charge is 0.361 e. The van der Waals surface area contributed by atoms with Crippen molar-refractivity contribution in [2.45, 2.75) is 134 Å². The van der Waals surface area contributed by atoms with Crippen molar-refractivity contribution in [3.8, 4) is 0 Å². The van der Waals surface area contributed by atoms with Crippen LogP contribution < -0.4 is 37.2 Å². The third kappa shape index (κ3) is 16.5. The van der Waals surface area contributed by atoms with Crippen molar-refractivity contribution in [2.75, 3.05) is 30.6 Å². The van der Waals surface area contributed by atoms with Gasteiger partial charge in [-0.15, -0.1) is 0 Å². The summed E-state index contributed by atoms with van der Waals surface area (Å²) in [6.07, 6.45) is 6.48. The van der Waals surface area contributed by atoms with E-state index in [9.17, 15) is 42.6 Å². The van der Waals surface area contributed by atoms with Crippen LogP contribution in [0.2, 0.25) is 0 Å². The fourth-order valence-electron chi connectivity index (χ4n) is 9.67. The van der Waals surface area contributed by atoms with Gasteiger partial charge in [0.15, 0.2) is 0 Å². The molecule has 2 aliphatic heterocycles. The molecule has 10 atom stereocenters. The number of amides is 8. The second-order valence-electron chi connectivity index (χ2n) is 20.3. The zero-order valence-corrected chi connectivity index (χ0v) is 46.0. The number of hydrogen-bond acceptors (Lipinski definition) is 10. The van der Waals surface area contributed by atoms with Crippen molar-refractivity contribution >= 4 is 80.7 Å². The summed E-state index contributed by atoms with van der Waals surface area (Å²) in [5, 5.41) is 21.0. The van der Waals surface area contributed by atoms with Gasteiger partial charge < -0.3 is 47.1 Å². The Labute approximate surface area is 452 Å². The number of benzene rings is 3. The summed E-state index contributed by atoms with van der Waals surface area (Å²) in [5.74, 6) is -5.44. The van der Waals surface area contributed by atoms with Gasteiger partial charge in [0, 0.05) is 65.7 Å². The van der Waals surface area contributed by atoms with Gasteiger partial charge in [0.1, 0.15) is 48.3 Å². The Hall–Kier alpha value is -6.54. The van der Waals surface area contributed by atoms with Crippen LogP contribution in [0.4, 0.5) is 0 Å². The molecule has 2 aliphatic rings. The van der Waals surface area contributed by atoms with Crippen LogP contribution in [-0.4, -0.2) is 140 Å². The van der Waals surface area contributed by atoms with Gasteiger partial charge in [0.2, 0.25) is 47.3 Å². The summed E-state index contributed by atoms with van der Waals surface area (Å²) in [7, 11) is -1.39. The third-order valence-electron chi connectivity index (χ3n) is 14.1. The first-order valence-corrected chi connectivity index (χ1v) is 29.4. The smallest absolute Gasteiger partial charge is 0.245 e. The Morgan fingerprint density at radius 3 is 1.71 bits per heavy atom. The minimum atomic E-state index is -1.39. The van der Waals surface area contributed by atoms with E-state index >= 15 is 0 Å². The molecule has 8 amide bonds. The molecule has 4 aromatic rings. The molecule has 8 N–H and O–H groups in total. The van der Waals surface area contributed by atoms with Crippen LogP contribution in [0.3, 0.4) is 0 Å². The zero-order valence-electron chi connectivity index (χ0n) is 44.4. The topological polar surface area (TPSA) is 257 Å². The third-order valence-corrected chi connectivity index (χ3v) is 15.5. The normalized spacial score (nSPS) is 24.8. The monoisotopic (exact) mass is 1080 g/mol. The highest BCUT2D eigenvalue weighted by Crippen LogP contribution is 2.23. The molecule has 2 saturated heterocycles. The van der Waals surface area contributed by atoms with E-state index < -0.39 is 112 Å². The van der Waals surface area contributed by atoms with Crippen LogP contribution in [0.5, 0.6) is 0 Å². The first kappa shape index (κ1) is 58.7. The Morgan fingerprint density at radius 2 is 1.12 bits per heavy atom. The number of hydrogen-bond donors (Lipinski definition) is 8. The Kier molecular flexibility index (Phi) is 22.1. The number of rotatable bonds is 16. The summed E-state index contributed by atoms with van der Waals surface area (Å²) < 4.78 is 12.5. The van der Waals surface area contributed by atoms with Gasteiger partial charge in [-0.25, -0.2) is 0 Å². The standard InChI is InChI=1S/C56H75N9O9S2/c1-7-35(4)48-55(72)58-41(25-28-76(6)74)49(66)60-43(29-34(2)3)50(67)59-42(24-27-75-5)56(73)65-26-16-23-47(65)54(71)63-45(31-37-19-12-9-13-20-37)52(69)61-44(30-36-17-10-8-11-18-36)51(68)62-46(53(70)64-48)32-38-33-57-40-22-15-14-21-39(38)40/h8-15,17-22,33-35,41-48,57H,7,16,23-32H2,1-6H3,(H,58,72)(H,59,67)(H,60,66)(H,61,69)(H,62,68)(H,63,71)(H,64,70)/t35-,41+,42+,43+,44+,45+,46+,47+,48+,76+/m1/s1. The number of H-pyrrole nitrogens is 1. The summed E-state index contributed by atoms with van der Waals surface area (Å²) in [6.45, 7) is 7.55. The number of carbonyl (C=O) groups is 8. The molecular weight excluding hydrogens is 1010 g/mol. The number of nitrogens with zero attached hydrogens (tertiary/aromatic N) is 1. The SMILES string of the molecule is CC[C@@H](C)[C@@H]1NC(=O)[C@H](Cc2c[nH]c3ccccc23)NC(=O)[C@H](Cc2ccccc2)NC(=O)[C@H](Cc2ccccc2)NC(=O)[C@@H]2CCCN2C(=O)[C@H](CCSC)NC(=O)[C@H](CC(C)C)NC(=O)[C@H](CC[S@](C)=O)NC1=O. The molecule has 0 bridgehead atoms. The summed E-state index contributed by atoms with van der Waals surface area (Å²) in [6, 6.07) is 15.9. The van der Waals surface area contributed by atoms with Crippen molar-refractivity contribution in [1.82, 2.24) is 47.1 Å². The minimum Gasteiger partial charge on any atom is -0.361 e. The maximum atomic E-state index is 15.0. The number of aromatic nitrogens is 1. The molecule has 6 rings (SSSR count). The van der Waals surface area contributed by atoms with Crippen molar-refractivity contribution in [2.24, 2.45) is 11.8 Å². The molecule has 0 unspecified atom stereocenters. The molecule has 76 heavy (non-hydrogen) atoms. The van der Waals surface area contributed by atoms with E-state index in [0.717, 1.165) is 10.9 Å². The van der Waals surface area contributed by atoms with Crippen LogP contribution >= 0.6 is 11.8 Å². The highest BCUT2D eigenvalue weighted by molar-refractivity contribution is 7.98. The van der Waals surface area contributed by atoms with E-state index in [1.165, 1.54) is 22.9 Å². The number of para-hydroxylation sites is 1. The lowest BCUT2D eigenvalue weighted by Crippen LogP contribution is -2.62. The van der Waals surface area contributed by atoms with Crippen LogP contribution in [0.1, 0.15) is 82.9 Å². The van der Waals surface area contributed by atoms with Gasteiger partial charge in [0.05, 0.1) is 0 Å². The minimum absolute atomic E-state index is 0.0121. The molecule has 0 spiro atoms. The number of aromatic amines is 1. The highest BCUT2D eigenvalue weighted by Gasteiger charge is 2.41. The number of thioether (sulfide) groups is 1. The first-order valence-electron chi connectivity index (χ1n) is 26.3. The van der Waals surface area contributed by atoms with Gasteiger partial charge in [-0.2, -0.15) is 11.8 Å². The first-order chi connectivity index (χ1) is 36.5. The number of nitrogens with one attached hydrogen (secondary N) is 8. The average molecular weight is 1080 g/mol. The lowest BCUT2D eigenvalue weighted by atomic mass is 9.96. The zero-order chi connectivity index (χ0) is 54.9. The predicted octanol–water partition coefficient (Wildman–Crippen LogP) is 3.21. The van der Waals surface area contributed by atoms with Crippen molar-refractivity contribution < 1.29 is 42.6 Å². The van der Waals surface area contributed by atoms with Crippen LogP contribution in [0.25, 0.3) is 10.9 Å². The Balaban J connectivity index is 1.45. The molecule has 410 valence electrons. The summed E-state index contributed by atoms with van der Waals surface area (Å²) >= 11 is 1.47. The molecule has 20 heteroatoms.